The van der Waals surface area contributed by atoms with Gasteiger partial charge >= 0.3 is 5.97 Å². The van der Waals surface area contributed by atoms with Gasteiger partial charge in [-0.05, 0) is 37.1 Å². The molecule has 0 unspecified atom stereocenters. The highest BCUT2D eigenvalue weighted by molar-refractivity contribution is 5.90. The van der Waals surface area contributed by atoms with E-state index in [1.165, 1.54) is 45.6 Å². The number of nitrogens with zero attached hydrogens (tertiary/aromatic N) is 2. The van der Waals surface area contributed by atoms with Crippen molar-refractivity contribution in [1.82, 2.24) is 9.97 Å². The molecule has 1 saturated carbocycles. The summed E-state index contributed by atoms with van der Waals surface area (Å²) in [6, 6.07) is 9.46. The van der Waals surface area contributed by atoms with Crippen LogP contribution in [-0.2, 0) is 4.74 Å². The van der Waals surface area contributed by atoms with E-state index in [4.69, 9.17) is 4.74 Å². The Labute approximate surface area is 148 Å². The molecule has 1 fully saturated rings. The number of benzene rings is 1. The monoisotopic (exact) mass is 340 g/mol. The van der Waals surface area contributed by atoms with E-state index >= 15 is 0 Å². The number of esters is 1. The molecule has 2 aromatic rings. The first-order valence-corrected chi connectivity index (χ1v) is 8.79. The molecule has 0 bridgehead atoms. The maximum Gasteiger partial charge on any atom is 0.337 e. The first kappa shape index (κ1) is 17.2. The third kappa shape index (κ3) is 4.92. The van der Waals surface area contributed by atoms with Crippen LogP contribution in [0.15, 0.2) is 36.5 Å². The molecular formula is C19H24N4O2. The minimum absolute atomic E-state index is 0.367. The Kier molecular flexibility index (Phi) is 5.82. The fourth-order valence-corrected chi connectivity index (χ4v) is 3.10. The normalized spacial score (nSPS) is 15.2. The summed E-state index contributed by atoms with van der Waals surface area (Å²) in [4.78, 5) is 20.4. The Morgan fingerprint density at radius 1 is 1.16 bits per heavy atom. The van der Waals surface area contributed by atoms with Crippen molar-refractivity contribution in [1.29, 1.82) is 0 Å². The number of rotatable bonds is 5. The van der Waals surface area contributed by atoms with Gasteiger partial charge in [0, 0.05) is 17.9 Å². The van der Waals surface area contributed by atoms with Gasteiger partial charge < -0.3 is 15.4 Å². The van der Waals surface area contributed by atoms with Crippen LogP contribution in [0.4, 0.5) is 17.5 Å². The standard InChI is InChI=1S/C19H24N4O2/c1-25-18(24)14-7-6-10-16(13-14)22-19-20-12-11-17(23-19)21-15-8-4-2-3-5-9-15/h6-7,10-13,15H,2-5,8-9H2,1H3,(H2,20,21,22,23). The highest BCUT2D eigenvalue weighted by Crippen LogP contribution is 2.21. The number of carbonyl (C=O) groups excluding carboxylic acids is 1. The lowest BCUT2D eigenvalue weighted by Gasteiger charge is -2.17. The largest absolute Gasteiger partial charge is 0.465 e. The lowest BCUT2D eigenvalue weighted by molar-refractivity contribution is 0.0601. The zero-order chi connectivity index (χ0) is 17.5. The van der Waals surface area contributed by atoms with Crippen molar-refractivity contribution in [2.45, 2.75) is 44.6 Å². The van der Waals surface area contributed by atoms with Gasteiger partial charge in [0.05, 0.1) is 12.7 Å². The van der Waals surface area contributed by atoms with E-state index in [0.717, 1.165) is 11.5 Å². The number of carbonyl (C=O) groups is 1. The first-order chi connectivity index (χ1) is 12.2. The Hall–Kier alpha value is -2.63. The van der Waals surface area contributed by atoms with E-state index in [1.807, 2.05) is 12.1 Å². The van der Waals surface area contributed by atoms with Crippen LogP contribution in [-0.4, -0.2) is 29.1 Å². The van der Waals surface area contributed by atoms with Gasteiger partial charge in [-0.25, -0.2) is 9.78 Å². The Morgan fingerprint density at radius 3 is 2.72 bits per heavy atom. The predicted molar refractivity (Wildman–Crippen MR) is 98.2 cm³/mol. The molecule has 0 spiro atoms. The van der Waals surface area contributed by atoms with Crippen LogP contribution in [0.5, 0.6) is 0 Å². The number of ether oxygens (including phenoxy) is 1. The van der Waals surface area contributed by atoms with Crippen LogP contribution in [0.1, 0.15) is 48.9 Å². The molecule has 1 aromatic heterocycles. The molecule has 6 heteroatoms. The fraction of sp³-hybridized carbons (Fsp3) is 0.421. The van der Waals surface area contributed by atoms with Crippen molar-refractivity contribution >= 4 is 23.4 Å². The number of hydrogen-bond acceptors (Lipinski definition) is 6. The van der Waals surface area contributed by atoms with Gasteiger partial charge in [-0.3, -0.25) is 0 Å². The average Bonchev–Trinajstić information content (AvgIpc) is 2.90. The molecule has 3 rings (SSSR count). The van der Waals surface area contributed by atoms with Crippen LogP contribution >= 0.6 is 0 Å². The molecule has 1 aromatic carbocycles. The summed E-state index contributed by atoms with van der Waals surface area (Å²) < 4.78 is 4.75. The van der Waals surface area contributed by atoms with E-state index in [1.54, 1.807) is 24.4 Å². The summed E-state index contributed by atoms with van der Waals surface area (Å²) >= 11 is 0. The van der Waals surface area contributed by atoms with Gasteiger partial charge in [-0.15, -0.1) is 0 Å². The van der Waals surface area contributed by atoms with Crippen molar-refractivity contribution in [3.63, 3.8) is 0 Å². The number of nitrogens with one attached hydrogen (secondary N) is 2. The van der Waals surface area contributed by atoms with Crippen molar-refractivity contribution in [2.75, 3.05) is 17.7 Å². The Balaban J connectivity index is 1.68. The molecule has 132 valence electrons. The molecule has 0 amide bonds. The van der Waals surface area contributed by atoms with Crippen LogP contribution in [0.2, 0.25) is 0 Å². The van der Waals surface area contributed by atoms with Gasteiger partial charge in [0.1, 0.15) is 5.82 Å². The number of anilines is 3. The lowest BCUT2D eigenvalue weighted by atomic mass is 10.1. The maximum absolute atomic E-state index is 11.6. The van der Waals surface area contributed by atoms with Gasteiger partial charge in [0.25, 0.3) is 0 Å². The van der Waals surface area contributed by atoms with Gasteiger partial charge in [0.2, 0.25) is 5.95 Å². The summed E-state index contributed by atoms with van der Waals surface area (Å²) in [6.45, 7) is 0. The number of aromatic nitrogens is 2. The molecule has 1 heterocycles. The van der Waals surface area contributed by atoms with E-state index in [2.05, 4.69) is 20.6 Å². The average molecular weight is 340 g/mol. The molecule has 1 aliphatic rings. The molecule has 0 aliphatic heterocycles. The second-order valence-electron chi connectivity index (χ2n) is 6.30. The maximum atomic E-state index is 11.6. The lowest BCUT2D eigenvalue weighted by Crippen LogP contribution is -2.19. The van der Waals surface area contributed by atoms with E-state index in [9.17, 15) is 4.79 Å². The van der Waals surface area contributed by atoms with Gasteiger partial charge in [-0.1, -0.05) is 31.7 Å². The predicted octanol–water partition coefficient (Wildman–Crippen LogP) is 4.14. The molecule has 0 atom stereocenters. The zero-order valence-electron chi connectivity index (χ0n) is 14.5. The van der Waals surface area contributed by atoms with E-state index in [-0.39, 0.29) is 5.97 Å². The summed E-state index contributed by atoms with van der Waals surface area (Å²) in [5, 5.41) is 6.66. The second kappa shape index (κ2) is 8.46. The third-order valence-electron chi connectivity index (χ3n) is 4.40. The summed E-state index contributed by atoms with van der Waals surface area (Å²) in [7, 11) is 1.37. The van der Waals surface area contributed by atoms with Crippen molar-refractivity contribution < 1.29 is 9.53 Å². The van der Waals surface area contributed by atoms with E-state index in [0.29, 0.717) is 17.6 Å². The SMILES string of the molecule is COC(=O)c1cccc(Nc2nccc(NC3CCCCCC3)n2)c1. The minimum atomic E-state index is -0.367. The molecular weight excluding hydrogens is 316 g/mol. The smallest absolute Gasteiger partial charge is 0.337 e. The van der Waals surface area contributed by atoms with Crippen LogP contribution in [0.3, 0.4) is 0 Å². The topological polar surface area (TPSA) is 76.1 Å². The van der Waals surface area contributed by atoms with Gasteiger partial charge in [0.15, 0.2) is 0 Å². The van der Waals surface area contributed by atoms with Crippen LogP contribution in [0, 0.1) is 0 Å². The summed E-state index contributed by atoms with van der Waals surface area (Å²) in [5.41, 5.74) is 1.23. The second-order valence-corrected chi connectivity index (χ2v) is 6.30. The van der Waals surface area contributed by atoms with Crippen molar-refractivity contribution in [3.8, 4) is 0 Å². The highest BCUT2D eigenvalue weighted by Gasteiger charge is 2.13. The molecule has 1 aliphatic carbocycles. The zero-order valence-corrected chi connectivity index (χ0v) is 14.5. The highest BCUT2D eigenvalue weighted by atomic mass is 16.5. The molecule has 25 heavy (non-hydrogen) atoms. The van der Waals surface area contributed by atoms with Crippen LogP contribution < -0.4 is 10.6 Å². The first-order valence-electron chi connectivity index (χ1n) is 8.79. The summed E-state index contributed by atoms with van der Waals surface area (Å²) in [6.07, 6.45) is 9.30. The van der Waals surface area contributed by atoms with E-state index < -0.39 is 0 Å². The van der Waals surface area contributed by atoms with Crippen molar-refractivity contribution in [3.05, 3.63) is 42.1 Å². The minimum Gasteiger partial charge on any atom is -0.465 e. The molecule has 6 nitrogen and oxygen atoms in total. The number of methoxy groups -OCH3 is 1. The molecule has 0 saturated heterocycles. The quantitative estimate of drug-likeness (QED) is 0.629. The van der Waals surface area contributed by atoms with Crippen molar-refractivity contribution in [2.24, 2.45) is 0 Å². The van der Waals surface area contributed by atoms with Gasteiger partial charge in [-0.2, -0.15) is 4.98 Å². The Morgan fingerprint density at radius 2 is 1.96 bits per heavy atom. The Bertz CT molecular complexity index is 712. The summed E-state index contributed by atoms with van der Waals surface area (Å²) in [5.74, 6) is 0.961. The van der Waals surface area contributed by atoms with Crippen LogP contribution in [0.25, 0.3) is 0 Å². The molecule has 2 N–H and O–H groups in total. The fourth-order valence-electron chi connectivity index (χ4n) is 3.10. The number of hydrogen-bond donors (Lipinski definition) is 2. The third-order valence-corrected chi connectivity index (χ3v) is 4.40. The molecule has 0 radical (unpaired) electrons.